The van der Waals surface area contributed by atoms with Crippen LogP contribution in [-0.2, 0) is 0 Å². The van der Waals surface area contributed by atoms with E-state index < -0.39 is 0 Å². The highest BCUT2D eigenvalue weighted by molar-refractivity contribution is 4.96. The van der Waals surface area contributed by atoms with Gasteiger partial charge in [-0.2, -0.15) is 0 Å². The molecule has 3 N–H and O–H groups in total. The van der Waals surface area contributed by atoms with Crippen LogP contribution in [-0.4, -0.2) is 41.3 Å². The summed E-state index contributed by atoms with van der Waals surface area (Å²) in [6.07, 6.45) is 8.41. The largest absolute Gasteiger partial charge is 0.394 e. The Hall–Kier alpha value is -0.120. The summed E-state index contributed by atoms with van der Waals surface area (Å²) in [6, 6.07) is 0.611. The zero-order chi connectivity index (χ0) is 14.3. The Morgan fingerprint density at radius 3 is 2.63 bits per heavy atom. The summed E-state index contributed by atoms with van der Waals surface area (Å²) >= 11 is 0. The van der Waals surface area contributed by atoms with Crippen molar-refractivity contribution in [3.8, 4) is 0 Å². The maximum absolute atomic E-state index is 9.50. The van der Waals surface area contributed by atoms with E-state index in [0.717, 1.165) is 19.4 Å². The molecule has 0 bridgehead atoms. The number of rotatable bonds is 9. The van der Waals surface area contributed by atoms with Gasteiger partial charge < -0.3 is 15.7 Å². The van der Waals surface area contributed by atoms with Gasteiger partial charge in [0.25, 0.3) is 0 Å². The van der Waals surface area contributed by atoms with Crippen LogP contribution in [0.2, 0.25) is 0 Å². The molecule has 1 rings (SSSR count). The lowest BCUT2D eigenvalue weighted by atomic mass is 9.86. The Kier molecular flexibility index (Phi) is 7.33. The summed E-state index contributed by atoms with van der Waals surface area (Å²) in [5, 5.41) is 9.50. The molecule has 0 spiro atoms. The average molecular weight is 270 g/mol. The van der Waals surface area contributed by atoms with Crippen LogP contribution in [0.25, 0.3) is 0 Å². The second kappa shape index (κ2) is 8.23. The third-order valence-corrected chi connectivity index (χ3v) is 4.85. The molecule has 1 aliphatic carbocycles. The molecule has 0 aliphatic heterocycles. The molecule has 114 valence electrons. The molecule has 3 nitrogen and oxygen atoms in total. The van der Waals surface area contributed by atoms with Crippen molar-refractivity contribution in [2.45, 2.75) is 77.3 Å². The lowest BCUT2D eigenvalue weighted by Crippen LogP contribution is -2.48. The highest BCUT2D eigenvalue weighted by atomic mass is 16.3. The Morgan fingerprint density at radius 2 is 2.05 bits per heavy atom. The third kappa shape index (κ3) is 5.05. The summed E-state index contributed by atoms with van der Waals surface area (Å²) < 4.78 is 0. The van der Waals surface area contributed by atoms with E-state index in [1.54, 1.807) is 0 Å². The Morgan fingerprint density at radius 1 is 1.32 bits per heavy atom. The minimum atomic E-state index is -0.300. The van der Waals surface area contributed by atoms with Crippen molar-refractivity contribution in [2.75, 3.05) is 19.7 Å². The molecule has 0 heterocycles. The predicted octanol–water partition coefficient (Wildman–Crippen LogP) is 2.77. The standard InChI is InChI=1S/C16H34N2O/c1-4-5-6-11-18(14(2)3)12-9-15-8-7-10-16(15,17)13-19/h14-15,19H,4-13,17H2,1-3H3. The van der Waals surface area contributed by atoms with Gasteiger partial charge in [-0.3, -0.25) is 0 Å². The van der Waals surface area contributed by atoms with Crippen molar-refractivity contribution >= 4 is 0 Å². The van der Waals surface area contributed by atoms with E-state index in [9.17, 15) is 5.11 Å². The quantitative estimate of drug-likeness (QED) is 0.633. The lowest BCUT2D eigenvalue weighted by Gasteiger charge is -2.33. The average Bonchev–Trinajstić information content (AvgIpc) is 2.75. The van der Waals surface area contributed by atoms with Crippen LogP contribution in [0.1, 0.15) is 65.7 Å². The van der Waals surface area contributed by atoms with E-state index >= 15 is 0 Å². The fourth-order valence-electron chi connectivity index (χ4n) is 3.32. The molecule has 0 radical (unpaired) electrons. The molecule has 3 heteroatoms. The van der Waals surface area contributed by atoms with E-state index in [1.165, 1.54) is 38.6 Å². The topological polar surface area (TPSA) is 49.5 Å². The molecule has 2 atom stereocenters. The van der Waals surface area contributed by atoms with Crippen molar-refractivity contribution < 1.29 is 5.11 Å². The zero-order valence-electron chi connectivity index (χ0n) is 13.2. The van der Waals surface area contributed by atoms with Gasteiger partial charge in [-0.15, -0.1) is 0 Å². The summed E-state index contributed by atoms with van der Waals surface area (Å²) in [5.41, 5.74) is 6.02. The van der Waals surface area contributed by atoms with E-state index in [0.29, 0.717) is 12.0 Å². The van der Waals surface area contributed by atoms with Gasteiger partial charge in [-0.25, -0.2) is 0 Å². The molecule has 2 unspecified atom stereocenters. The van der Waals surface area contributed by atoms with Crippen molar-refractivity contribution in [1.29, 1.82) is 0 Å². The Labute approximate surface area is 119 Å². The van der Waals surface area contributed by atoms with Crippen LogP contribution in [0.4, 0.5) is 0 Å². The van der Waals surface area contributed by atoms with Crippen molar-refractivity contribution in [3.63, 3.8) is 0 Å². The monoisotopic (exact) mass is 270 g/mol. The van der Waals surface area contributed by atoms with E-state index in [1.807, 2.05) is 0 Å². The first-order chi connectivity index (χ1) is 9.03. The fraction of sp³-hybridized carbons (Fsp3) is 1.00. The lowest BCUT2D eigenvalue weighted by molar-refractivity contribution is 0.136. The molecule has 0 amide bonds. The van der Waals surface area contributed by atoms with E-state index in [-0.39, 0.29) is 12.1 Å². The van der Waals surface area contributed by atoms with Gasteiger partial charge in [0.05, 0.1) is 6.61 Å². The van der Waals surface area contributed by atoms with Crippen LogP contribution in [0.3, 0.4) is 0 Å². The van der Waals surface area contributed by atoms with Gasteiger partial charge in [0, 0.05) is 11.6 Å². The van der Waals surface area contributed by atoms with Gasteiger partial charge in [0.15, 0.2) is 0 Å². The van der Waals surface area contributed by atoms with Gasteiger partial charge in [-0.05, 0) is 58.5 Å². The van der Waals surface area contributed by atoms with Gasteiger partial charge >= 0.3 is 0 Å². The molecule has 0 aromatic heterocycles. The minimum absolute atomic E-state index is 0.148. The minimum Gasteiger partial charge on any atom is -0.394 e. The maximum Gasteiger partial charge on any atom is 0.0613 e. The van der Waals surface area contributed by atoms with Gasteiger partial charge in [0.1, 0.15) is 0 Å². The molecule has 19 heavy (non-hydrogen) atoms. The van der Waals surface area contributed by atoms with E-state index in [4.69, 9.17) is 5.73 Å². The van der Waals surface area contributed by atoms with Crippen molar-refractivity contribution in [1.82, 2.24) is 4.90 Å². The highest BCUT2D eigenvalue weighted by Gasteiger charge is 2.38. The second-order valence-corrected chi connectivity index (χ2v) is 6.61. The molecule has 1 fully saturated rings. The third-order valence-electron chi connectivity index (χ3n) is 4.85. The number of aliphatic hydroxyl groups excluding tert-OH is 1. The second-order valence-electron chi connectivity index (χ2n) is 6.61. The van der Waals surface area contributed by atoms with Crippen LogP contribution in [0, 0.1) is 5.92 Å². The molecule has 1 saturated carbocycles. The van der Waals surface area contributed by atoms with Gasteiger partial charge in [0.2, 0.25) is 0 Å². The van der Waals surface area contributed by atoms with Crippen molar-refractivity contribution in [3.05, 3.63) is 0 Å². The molecular weight excluding hydrogens is 236 g/mol. The van der Waals surface area contributed by atoms with Crippen LogP contribution >= 0.6 is 0 Å². The van der Waals surface area contributed by atoms with Crippen LogP contribution < -0.4 is 5.73 Å². The number of unbranched alkanes of at least 4 members (excludes halogenated alkanes) is 2. The van der Waals surface area contributed by atoms with E-state index in [2.05, 4.69) is 25.7 Å². The molecule has 0 saturated heterocycles. The number of nitrogens with zero attached hydrogens (tertiary/aromatic N) is 1. The predicted molar refractivity (Wildman–Crippen MR) is 82.2 cm³/mol. The summed E-state index contributed by atoms with van der Waals surface area (Å²) in [5.74, 6) is 0.505. The highest BCUT2D eigenvalue weighted by Crippen LogP contribution is 2.35. The number of nitrogens with two attached hydrogens (primary N) is 1. The number of hydrogen-bond acceptors (Lipinski definition) is 3. The normalized spacial score (nSPS) is 27.6. The first kappa shape index (κ1) is 16.9. The maximum atomic E-state index is 9.50. The van der Waals surface area contributed by atoms with Crippen molar-refractivity contribution in [2.24, 2.45) is 11.7 Å². The number of aliphatic hydroxyl groups is 1. The first-order valence-corrected chi connectivity index (χ1v) is 8.17. The first-order valence-electron chi connectivity index (χ1n) is 8.17. The van der Waals surface area contributed by atoms with Crippen LogP contribution in [0.15, 0.2) is 0 Å². The summed E-state index contributed by atoms with van der Waals surface area (Å²) in [7, 11) is 0. The molecule has 1 aliphatic rings. The molecule has 0 aromatic rings. The zero-order valence-corrected chi connectivity index (χ0v) is 13.2. The van der Waals surface area contributed by atoms with Gasteiger partial charge in [-0.1, -0.05) is 26.2 Å². The molecular formula is C16H34N2O. The smallest absolute Gasteiger partial charge is 0.0613 e. The van der Waals surface area contributed by atoms with Crippen LogP contribution in [0.5, 0.6) is 0 Å². The summed E-state index contributed by atoms with van der Waals surface area (Å²) in [6.45, 7) is 9.29. The Bertz CT molecular complexity index is 245. The molecule has 0 aromatic carbocycles. The number of hydrogen-bond donors (Lipinski definition) is 2. The SMILES string of the molecule is CCCCCN(CCC1CCCC1(N)CO)C(C)C. The Balaban J connectivity index is 2.38. The fourth-order valence-corrected chi connectivity index (χ4v) is 3.32. The summed E-state index contributed by atoms with van der Waals surface area (Å²) in [4.78, 5) is 2.58.